The summed E-state index contributed by atoms with van der Waals surface area (Å²) in [5, 5.41) is 14.5. The van der Waals surface area contributed by atoms with Crippen LogP contribution in [0.2, 0.25) is 10.0 Å². The molecule has 0 atom stereocenters. The van der Waals surface area contributed by atoms with Crippen LogP contribution in [0.25, 0.3) is 0 Å². The van der Waals surface area contributed by atoms with E-state index in [0.717, 1.165) is 5.75 Å². The summed E-state index contributed by atoms with van der Waals surface area (Å²) in [4.78, 5) is 14.2. The minimum atomic E-state index is -0.928. The van der Waals surface area contributed by atoms with Crippen LogP contribution in [0.3, 0.4) is 0 Å². The van der Waals surface area contributed by atoms with E-state index in [1.807, 2.05) is 35.2 Å². The Morgan fingerprint density at radius 3 is 2.47 bits per heavy atom. The molecule has 2 N–H and O–H groups in total. The van der Waals surface area contributed by atoms with Crippen molar-refractivity contribution in [3.63, 3.8) is 0 Å². The van der Waals surface area contributed by atoms with Gasteiger partial charge < -0.3 is 19.9 Å². The highest BCUT2D eigenvalue weighted by atomic mass is 35.5. The van der Waals surface area contributed by atoms with Gasteiger partial charge in [-0.15, -0.1) is 0 Å². The molecule has 6 nitrogen and oxygen atoms in total. The SMILES string of the molecule is O=C(CN1CCC(O)(COc2ccc(Cl)c(Cl)c2)CC1)NCCOc1ccccc1. The number of carbonyl (C=O) groups is 1. The number of nitrogens with one attached hydrogen (secondary N) is 1. The number of likely N-dealkylation sites (tertiary alicyclic amines) is 1. The minimum absolute atomic E-state index is 0.0517. The largest absolute Gasteiger partial charge is 0.492 e. The Kier molecular flexibility index (Phi) is 8.22. The summed E-state index contributed by atoms with van der Waals surface area (Å²) < 4.78 is 11.3. The highest BCUT2D eigenvalue weighted by Crippen LogP contribution is 2.28. The number of halogens is 2. The van der Waals surface area contributed by atoms with Crippen molar-refractivity contribution in [2.45, 2.75) is 18.4 Å². The van der Waals surface area contributed by atoms with Crippen LogP contribution in [0.15, 0.2) is 48.5 Å². The number of amides is 1. The minimum Gasteiger partial charge on any atom is -0.492 e. The standard InChI is InChI=1S/C22H26Cl2N2O4/c23-19-7-6-18(14-20(19)24)30-16-22(28)8-11-26(12-9-22)15-21(27)25-10-13-29-17-4-2-1-3-5-17/h1-7,14,28H,8-13,15-16H2,(H,25,27). The molecule has 3 rings (SSSR count). The zero-order valence-electron chi connectivity index (χ0n) is 16.7. The molecule has 8 heteroatoms. The molecule has 0 bridgehead atoms. The first-order valence-electron chi connectivity index (χ1n) is 9.91. The number of benzene rings is 2. The molecule has 30 heavy (non-hydrogen) atoms. The third-order valence-corrected chi connectivity index (χ3v) is 5.73. The van der Waals surface area contributed by atoms with E-state index in [0.29, 0.717) is 61.4 Å². The Morgan fingerprint density at radius 1 is 1.03 bits per heavy atom. The van der Waals surface area contributed by atoms with Gasteiger partial charge in [-0.25, -0.2) is 0 Å². The third-order valence-electron chi connectivity index (χ3n) is 4.99. The number of aliphatic hydroxyl groups is 1. The van der Waals surface area contributed by atoms with Gasteiger partial charge in [0.15, 0.2) is 0 Å². The van der Waals surface area contributed by atoms with Crippen LogP contribution in [0.1, 0.15) is 12.8 Å². The second kappa shape index (κ2) is 10.9. The second-order valence-corrected chi connectivity index (χ2v) is 8.19. The van der Waals surface area contributed by atoms with Crippen molar-refractivity contribution in [2.75, 3.05) is 39.4 Å². The Morgan fingerprint density at radius 2 is 1.77 bits per heavy atom. The molecule has 1 aliphatic heterocycles. The van der Waals surface area contributed by atoms with Gasteiger partial charge in [0.25, 0.3) is 0 Å². The zero-order valence-corrected chi connectivity index (χ0v) is 18.2. The maximum atomic E-state index is 12.1. The van der Waals surface area contributed by atoms with Crippen LogP contribution in [0, 0.1) is 0 Å². The van der Waals surface area contributed by atoms with Gasteiger partial charge in [0.1, 0.15) is 30.3 Å². The van der Waals surface area contributed by atoms with E-state index in [1.165, 1.54) is 0 Å². The molecule has 0 spiro atoms. The Hall–Kier alpha value is -1.99. The molecule has 0 unspecified atom stereocenters. The normalized spacial score (nSPS) is 16.1. The molecule has 1 aliphatic rings. The maximum Gasteiger partial charge on any atom is 0.234 e. The second-order valence-electron chi connectivity index (χ2n) is 7.38. The lowest BCUT2D eigenvalue weighted by Crippen LogP contribution is -2.50. The number of rotatable bonds is 9. The summed E-state index contributed by atoms with van der Waals surface area (Å²) in [5.74, 6) is 1.30. The fourth-order valence-corrected chi connectivity index (χ4v) is 3.48. The van der Waals surface area contributed by atoms with Gasteiger partial charge in [-0.1, -0.05) is 41.4 Å². The van der Waals surface area contributed by atoms with E-state index in [-0.39, 0.29) is 12.5 Å². The summed E-state index contributed by atoms with van der Waals surface area (Å²) in [7, 11) is 0. The first-order valence-corrected chi connectivity index (χ1v) is 10.7. The van der Waals surface area contributed by atoms with Crippen molar-refractivity contribution >= 4 is 29.1 Å². The van der Waals surface area contributed by atoms with Gasteiger partial charge in [-0.05, 0) is 37.1 Å². The van der Waals surface area contributed by atoms with E-state index in [9.17, 15) is 9.90 Å². The number of nitrogens with zero attached hydrogens (tertiary/aromatic N) is 1. The highest BCUT2D eigenvalue weighted by molar-refractivity contribution is 6.42. The van der Waals surface area contributed by atoms with Gasteiger partial charge in [0.05, 0.1) is 23.1 Å². The molecule has 2 aromatic carbocycles. The number of ether oxygens (including phenoxy) is 2. The van der Waals surface area contributed by atoms with E-state index < -0.39 is 5.60 Å². The molecular weight excluding hydrogens is 427 g/mol. The number of hydrogen-bond donors (Lipinski definition) is 2. The average molecular weight is 453 g/mol. The highest BCUT2D eigenvalue weighted by Gasteiger charge is 2.33. The van der Waals surface area contributed by atoms with Crippen molar-refractivity contribution < 1.29 is 19.4 Å². The molecular formula is C22H26Cl2N2O4. The smallest absolute Gasteiger partial charge is 0.234 e. The number of para-hydroxylation sites is 1. The van der Waals surface area contributed by atoms with Crippen LogP contribution >= 0.6 is 23.2 Å². The molecule has 2 aromatic rings. The summed E-state index contributed by atoms with van der Waals surface area (Å²) in [6.07, 6.45) is 1.05. The molecule has 1 heterocycles. The van der Waals surface area contributed by atoms with Crippen LogP contribution in [0.5, 0.6) is 11.5 Å². The van der Waals surface area contributed by atoms with Gasteiger partial charge in [-0.3, -0.25) is 9.69 Å². The van der Waals surface area contributed by atoms with Crippen LogP contribution in [0.4, 0.5) is 0 Å². The van der Waals surface area contributed by atoms with Gasteiger partial charge in [-0.2, -0.15) is 0 Å². The zero-order chi connectivity index (χ0) is 21.4. The first kappa shape index (κ1) is 22.7. The van der Waals surface area contributed by atoms with Gasteiger partial charge in [0.2, 0.25) is 5.91 Å². The van der Waals surface area contributed by atoms with Crippen LogP contribution < -0.4 is 14.8 Å². The summed E-state index contributed by atoms with van der Waals surface area (Å²) in [5.41, 5.74) is -0.928. The van der Waals surface area contributed by atoms with E-state index in [4.69, 9.17) is 32.7 Å². The van der Waals surface area contributed by atoms with Crippen molar-refractivity contribution in [2.24, 2.45) is 0 Å². The lowest BCUT2D eigenvalue weighted by atomic mass is 9.92. The molecule has 1 saturated heterocycles. The van der Waals surface area contributed by atoms with Crippen LogP contribution in [-0.2, 0) is 4.79 Å². The van der Waals surface area contributed by atoms with Gasteiger partial charge >= 0.3 is 0 Å². The number of carbonyl (C=O) groups excluding carboxylic acids is 1. The van der Waals surface area contributed by atoms with E-state index >= 15 is 0 Å². The van der Waals surface area contributed by atoms with Crippen molar-refractivity contribution in [3.05, 3.63) is 58.6 Å². The molecule has 1 fully saturated rings. The van der Waals surface area contributed by atoms with Crippen molar-refractivity contribution in [1.29, 1.82) is 0 Å². The molecule has 162 valence electrons. The molecule has 0 saturated carbocycles. The quantitative estimate of drug-likeness (QED) is 0.570. The summed E-state index contributed by atoms with van der Waals surface area (Å²) >= 11 is 11.9. The summed E-state index contributed by atoms with van der Waals surface area (Å²) in [6.45, 7) is 2.58. The third kappa shape index (κ3) is 7.06. The number of hydrogen-bond acceptors (Lipinski definition) is 5. The molecule has 0 aliphatic carbocycles. The predicted molar refractivity (Wildman–Crippen MR) is 118 cm³/mol. The molecule has 1 amide bonds. The fourth-order valence-electron chi connectivity index (χ4n) is 3.19. The summed E-state index contributed by atoms with van der Waals surface area (Å²) in [6, 6.07) is 14.5. The first-order chi connectivity index (χ1) is 14.4. The van der Waals surface area contributed by atoms with Crippen molar-refractivity contribution in [1.82, 2.24) is 10.2 Å². The van der Waals surface area contributed by atoms with E-state index in [1.54, 1.807) is 18.2 Å². The van der Waals surface area contributed by atoms with Gasteiger partial charge in [0, 0.05) is 19.2 Å². The van der Waals surface area contributed by atoms with Crippen LogP contribution in [-0.4, -0.2) is 60.9 Å². The molecule has 0 radical (unpaired) electrons. The monoisotopic (exact) mass is 452 g/mol. The maximum absolute atomic E-state index is 12.1. The predicted octanol–water partition coefficient (Wildman–Crippen LogP) is 3.39. The number of piperidine rings is 1. The Balaban J connectivity index is 1.33. The average Bonchev–Trinajstić information content (AvgIpc) is 2.75. The topological polar surface area (TPSA) is 71.0 Å². The van der Waals surface area contributed by atoms with Crippen molar-refractivity contribution in [3.8, 4) is 11.5 Å². The van der Waals surface area contributed by atoms with E-state index in [2.05, 4.69) is 5.32 Å². The Labute approximate surface area is 186 Å². The fraction of sp³-hybridized carbons (Fsp3) is 0.409. The molecule has 0 aromatic heterocycles. The lowest BCUT2D eigenvalue weighted by molar-refractivity contribution is -0.124. The Bertz CT molecular complexity index is 827. The lowest BCUT2D eigenvalue weighted by Gasteiger charge is -2.37.